The predicted octanol–water partition coefficient (Wildman–Crippen LogP) is 0.0765. The van der Waals surface area contributed by atoms with Gasteiger partial charge in [-0.15, -0.1) is 0 Å². The molecule has 80 valence electrons. The molecular formula is C9H16N2O2S. The number of nitrogens with two attached hydrogens (primary N) is 1. The molecule has 0 radical (unpaired) electrons. The quantitative estimate of drug-likeness (QED) is 0.582. The van der Waals surface area contributed by atoms with Crippen LogP contribution in [0.4, 0.5) is 0 Å². The molecule has 0 spiro atoms. The lowest BCUT2D eigenvalue weighted by Gasteiger charge is -2.15. The van der Waals surface area contributed by atoms with Crippen molar-refractivity contribution in [3.63, 3.8) is 0 Å². The lowest BCUT2D eigenvalue weighted by molar-refractivity contribution is -0.129. The Hall–Kier alpha value is -0.710. The molecular weight excluding hydrogens is 200 g/mol. The van der Waals surface area contributed by atoms with E-state index in [9.17, 15) is 9.59 Å². The molecule has 1 rings (SSSR count). The van der Waals surface area contributed by atoms with Gasteiger partial charge in [-0.1, -0.05) is 12.8 Å². The van der Waals surface area contributed by atoms with Gasteiger partial charge in [-0.2, -0.15) is 12.6 Å². The van der Waals surface area contributed by atoms with Crippen LogP contribution in [-0.2, 0) is 9.59 Å². The van der Waals surface area contributed by atoms with E-state index in [4.69, 9.17) is 5.73 Å². The molecule has 0 aromatic rings. The lowest BCUT2D eigenvalue weighted by Crippen LogP contribution is -2.47. The van der Waals surface area contributed by atoms with Crippen LogP contribution in [0, 0.1) is 5.92 Å². The van der Waals surface area contributed by atoms with Gasteiger partial charge in [0.05, 0.1) is 0 Å². The van der Waals surface area contributed by atoms with Crippen LogP contribution in [0.5, 0.6) is 0 Å². The second kappa shape index (κ2) is 5.24. The molecule has 1 fully saturated rings. The van der Waals surface area contributed by atoms with Gasteiger partial charge in [0.2, 0.25) is 11.8 Å². The number of rotatable bonds is 4. The molecule has 0 bridgehead atoms. The van der Waals surface area contributed by atoms with Crippen LogP contribution < -0.4 is 11.1 Å². The SMILES string of the molecule is NC(=O)C(CS)NC(=O)C1CCCC1. The third-order valence-corrected chi connectivity index (χ3v) is 2.93. The highest BCUT2D eigenvalue weighted by molar-refractivity contribution is 7.80. The maximum atomic E-state index is 11.6. The fourth-order valence-corrected chi connectivity index (χ4v) is 1.96. The van der Waals surface area contributed by atoms with Crippen molar-refractivity contribution < 1.29 is 9.59 Å². The highest BCUT2D eigenvalue weighted by Crippen LogP contribution is 2.24. The molecule has 0 aromatic heterocycles. The Labute approximate surface area is 89.0 Å². The van der Waals surface area contributed by atoms with E-state index in [-0.39, 0.29) is 17.6 Å². The Morgan fingerprint density at radius 3 is 2.43 bits per heavy atom. The van der Waals surface area contributed by atoms with Gasteiger partial charge in [-0.25, -0.2) is 0 Å². The summed E-state index contributed by atoms with van der Waals surface area (Å²) >= 11 is 3.96. The van der Waals surface area contributed by atoms with Gasteiger partial charge in [0.1, 0.15) is 6.04 Å². The molecule has 0 saturated heterocycles. The molecule has 14 heavy (non-hydrogen) atoms. The zero-order valence-electron chi connectivity index (χ0n) is 8.03. The van der Waals surface area contributed by atoms with E-state index in [1.807, 2.05) is 0 Å². The normalized spacial score (nSPS) is 19.2. The van der Waals surface area contributed by atoms with Crippen LogP contribution in [0.25, 0.3) is 0 Å². The van der Waals surface area contributed by atoms with Crippen molar-refractivity contribution >= 4 is 24.4 Å². The Balaban J connectivity index is 2.41. The molecule has 2 amide bonds. The van der Waals surface area contributed by atoms with Crippen molar-refractivity contribution in [2.24, 2.45) is 11.7 Å². The van der Waals surface area contributed by atoms with E-state index in [0.29, 0.717) is 0 Å². The number of nitrogens with one attached hydrogen (secondary N) is 1. The molecule has 1 aliphatic rings. The molecule has 3 N–H and O–H groups in total. The smallest absolute Gasteiger partial charge is 0.240 e. The average Bonchev–Trinajstić information content (AvgIpc) is 2.65. The fraction of sp³-hybridized carbons (Fsp3) is 0.778. The lowest BCUT2D eigenvalue weighted by atomic mass is 10.1. The third-order valence-electron chi connectivity index (χ3n) is 2.57. The molecule has 5 heteroatoms. The van der Waals surface area contributed by atoms with Crippen molar-refractivity contribution in [3.05, 3.63) is 0 Å². The zero-order valence-corrected chi connectivity index (χ0v) is 8.93. The molecule has 0 aliphatic heterocycles. The first-order valence-corrected chi connectivity index (χ1v) is 5.49. The minimum Gasteiger partial charge on any atom is -0.368 e. The number of hydrogen-bond donors (Lipinski definition) is 3. The summed E-state index contributed by atoms with van der Waals surface area (Å²) in [6, 6.07) is -0.633. The largest absolute Gasteiger partial charge is 0.368 e. The van der Waals surface area contributed by atoms with Crippen LogP contribution in [-0.4, -0.2) is 23.6 Å². The van der Waals surface area contributed by atoms with Gasteiger partial charge in [-0.3, -0.25) is 9.59 Å². The summed E-state index contributed by atoms with van der Waals surface area (Å²) in [4.78, 5) is 22.4. The van der Waals surface area contributed by atoms with Crippen LogP contribution in [0.3, 0.4) is 0 Å². The minimum absolute atomic E-state index is 0.0552. The monoisotopic (exact) mass is 216 g/mol. The summed E-state index contributed by atoms with van der Waals surface area (Å²) in [5.74, 6) is -0.253. The Morgan fingerprint density at radius 2 is 2.00 bits per heavy atom. The summed E-state index contributed by atoms with van der Waals surface area (Å²) in [7, 11) is 0. The number of hydrogen-bond acceptors (Lipinski definition) is 3. The Kier molecular flexibility index (Phi) is 4.25. The first-order valence-electron chi connectivity index (χ1n) is 4.85. The molecule has 1 aliphatic carbocycles. The first kappa shape index (κ1) is 11.4. The molecule has 1 saturated carbocycles. The van der Waals surface area contributed by atoms with Crippen LogP contribution in [0.15, 0.2) is 0 Å². The number of thiol groups is 1. The summed E-state index contributed by atoms with van der Waals surface area (Å²) < 4.78 is 0. The van der Waals surface area contributed by atoms with E-state index in [2.05, 4.69) is 17.9 Å². The van der Waals surface area contributed by atoms with Crippen LogP contribution in [0.2, 0.25) is 0 Å². The molecule has 1 atom stereocenters. The second-order valence-corrected chi connectivity index (χ2v) is 3.99. The number of carbonyl (C=O) groups excluding carboxylic acids is 2. The van der Waals surface area contributed by atoms with Gasteiger partial charge in [-0.05, 0) is 12.8 Å². The van der Waals surface area contributed by atoms with E-state index in [0.717, 1.165) is 25.7 Å². The second-order valence-electron chi connectivity index (χ2n) is 3.63. The molecule has 0 heterocycles. The van der Waals surface area contributed by atoms with E-state index < -0.39 is 11.9 Å². The number of carbonyl (C=O) groups is 2. The Bertz CT molecular complexity index is 227. The third kappa shape index (κ3) is 2.90. The highest BCUT2D eigenvalue weighted by atomic mass is 32.1. The molecule has 4 nitrogen and oxygen atoms in total. The summed E-state index contributed by atoms with van der Waals surface area (Å²) in [6.07, 6.45) is 4.04. The topological polar surface area (TPSA) is 72.2 Å². The Morgan fingerprint density at radius 1 is 1.43 bits per heavy atom. The van der Waals surface area contributed by atoms with Crippen molar-refractivity contribution in [1.29, 1.82) is 0 Å². The maximum Gasteiger partial charge on any atom is 0.240 e. The highest BCUT2D eigenvalue weighted by Gasteiger charge is 2.25. The predicted molar refractivity (Wildman–Crippen MR) is 56.9 cm³/mol. The zero-order chi connectivity index (χ0) is 10.6. The maximum absolute atomic E-state index is 11.6. The first-order chi connectivity index (χ1) is 6.65. The van der Waals surface area contributed by atoms with E-state index >= 15 is 0 Å². The fourth-order valence-electron chi connectivity index (χ4n) is 1.68. The van der Waals surface area contributed by atoms with Gasteiger partial charge >= 0.3 is 0 Å². The van der Waals surface area contributed by atoms with Gasteiger partial charge in [0.25, 0.3) is 0 Å². The molecule has 1 unspecified atom stereocenters. The minimum atomic E-state index is -0.633. The van der Waals surface area contributed by atoms with Crippen molar-refractivity contribution in [3.8, 4) is 0 Å². The van der Waals surface area contributed by atoms with Crippen molar-refractivity contribution in [1.82, 2.24) is 5.32 Å². The number of primary amides is 1. The number of amides is 2. The molecule has 0 aromatic carbocycles. The van der Waals surface area contributed by atoms with E-state index in [1.165, 1.54) is 0 Å². The standard InChI is InChI=1S/C9H16N2O2S/c10-8(12)7(5-14)11-9(13)6-3-1-2-4-6/h6-7,14H,1-5H2,(H2,10,12)(H,11,13). The van der Waals surface area contributed by atoms with Crippen LogP contribution in [0.1, 0.15) is 25.7 Å². The summed E-state index contributed by atoms with van der Waals surface area (Å²) in [5.41, 5.74) is 5.09. The van der Waals surface area contributed by atoms with Crippen molar-refractivity contribution in [2.75, 3.05) is 5.75 Å². The van der Waals surface area contributed by atoms with Gasteiger partial charge in [0.15, 0.2) is 0 Å². The van der Waals surface area contributed by atoms with Gasteiger partial charge < -0.3 is 11.1 Å². The summed E-state index contributed by atoms with van der Waals surface area (Å²) in [6.45, 7) is 0. The average molecular weight is 216 g/mol. The van der Waals surface area contributed by atoms with Crippen molar-refractivity contribution in [2.45, 2.75) is 31.7 Å². The summed E-state index contributed by atoms with van der Waals surface area (Å²) in [5, 5.41) is 2.62. The van der Waals surface area contributed by atoms with E-state index in [1.54, 1.807) is 0 Å². The van der Waals surface area contributed by atoms with Crippen LogP contribution >= 0.6 is 12.6 Å². The van der Waals surface area contributed by atoms with Gasteiger partial charge in [0, 0.05) is 11.7 Å².